The van der Waals surface area contributed by atoms with Crippen LogP contribution in [0.15, 0.2) is 12.7 Å². The van der Waals surface area contributed by atoms with Crippen molar-refractivity contribution in [1.82, 2.24) is 0 Å². The molecule has 37 heavy (non-hydrogen) atoms. The molecule has 0 aromatic heterocycles. The number of ketones is 1. The van der Waals surface area contributed by atoms with Gasteiger partial charge < -0.3 is 5.11 Å². The molecule has 0 aliphatic heterocycles. The van der Waals surface area contributed by atoms with Gasteiger partial charge in [-0.2, -0.15) is 0 Å². The number of hydrogen-bond donors (Lipinski definition) is 1. The third kappa shape index (κ3) is 26.3. The summed E-state index contributed by atoms with van der Waals surface area (Å²) in [5.41, 5.74) is 0. The van der Waals surface area contributed by atoms with Crippen LogP contribution < -0.4 is 0 Å². The summed E-state index contributed by atoms with van der Waals surface area (Å²) in [5, 5.41) is 9.53. The van der Waals surface area contributed by atoms with Crippen LogP contribution >= 0.6 is 0 Å². The summed E-state index contributed by atoms with van der Waals surface area (Å²) < 4.78 is 0. The lowest BCUT2D eigenvalue weighted by Gasteiger charge is -2.11. The van der Waals surface area contributed by atoms with E-state index >= 15 is 0 Å². The Bertz CT molecular complexity index is 513. The molecule has 0 spiro atoms. The van der Waals surface area contributed by atoms with Crippen LogP contribution in [0.1, 0.15) is 187 Å². The second kappa shape index (κ2) is 29.4. The molecule has 3 nitrogen and oxygen atoms in total. The van der Waals surface area contributed by atoms with Crippen molar-refractivity contribution in [2.24, 2.45) is 5.92 Å². The number of Topliss-reactive ketones (excluding diaryl/α,β-unsaturated/α-hetero) is 1. The van der Waals surface area contributed by atoms with Crippen molar-refractivity contribution in [1.29, 1.82) is 0 Å². The Morgan fingerprint density at radius 2 is 0.919 bits per heavy atom. The van der Waals surface area contributed by atoms with Crippen molar-refractivity contribution in [3.8, 4) is 0 Å². The molecule has 0 fully saturated rings. The molecule has 1 N–H and O–H groups in total. The van der Waals surface area contributed by atoms with Gasteiger partial charge in [0.1, 0.15) is 11.7 Å². The van der Waals surface area contributed by atoms with Gasteiger partial charge in [0.25, 0.3) is 0 Å². The first kappa shape index (κ1) is 35.9. The summed E-state index contributed by atoms with van der Waals surface area (Å²) in [7, 11) is 0. The fourth-order valence-electron chi connectivity index (χ4n) is 5.32. The molecule has 3 heteroatoms. The summed E-state index contributed by atoms with van der Waals surface area (Å²) in [6.07, 6.45) is 35.8. The Kier molecular flexibility index (Phi) is 28.5. The summed E-state index contributed by atoms with van der Waals surface area (Å²) in [6.45, 7) is 6.04. The van der Waals surface area contributed by atoms with Crippen molar-refractivity contribution in [2.75, 3.05) is 0 Å². The van der Waals surface area contributed by atoms with Crippen molar-refractivity contribution < 1.29 is 14.7 Å². The van der Waals surface area contributed by atoms with Crippen LogP contribution in [-0.4, -0.2) is 16.9 Å². The number of carbonyl (C=O) groups is 2. The molecule has 0 saturated carbocycles. The molecule has 0 bridgehead atoms. The van der Waals surface area contributed by atoms with E-state index in [9.17, 15) is 14.7 Å². The van der Waals surface area contributed by atoms with Gasteiger partial charge in [0, 0.05) is 6.42 Å². The zero-order valence-corrected chi connectivity index (χ0v) is 24.9. The molecule has 0 rings (SSSR count). The van der Waals surface area contributed by atoms with E-state index in [2.05, 4.69) is 13.5 Å². The zero-order valence-electron chi connectivity index (χ0n) is 24.9. The third-order valence-electron chi connectivity index (χ3n) is 7.86. The monoisotopic (exact) mass is 520 g/mol. The van der Waals surface area contributed by atoms with Gasteiger partial charge in [0.2, 0.25) is 0 Å². The maximum absolute atomic E-state index is 12.5. The molecule has 0 aliphatic rings. The van der Waals surface area contributed by atoms with Gasteiger partial charge in [0.15, 0.2) is 0 Å². The van der Waals surface area contributed by atoms with E-state index in [0.29, 0.717) is 12.8 Å². The quantitative estimate of drug-likeness (QED) is 0.0561. The molecule has 1 atom stereocenters. The minimum Gasteiger partial charge on any atom is -0.481 e. The molecule has 0 aromatic carbocycles. The van der Waals surface area contributed by atoms with Crippen LogP contribution in [0, 0.1) is 5.92 Å². The summed E-state index contributed by atoms with van der Waals surface area (Å²) in [4.78, 5) is 24.1. The van der Waals surface area contributed by atoms with E-state index in [1.807, 2.05) is 6.08 Å². The van der Waals surface area contributed by atoms with Gasteiger partial charge in [0.05, 0.1) is 0 Å². The van der Waals surface area contributed by atoms with E-state index in [1.165, 1.54) is 135 Å². The number of aliphatic carboxylic acids is 1. The zero-order chi connectivity index (χ0) is 27.2. The average molecular weight is 521 g/mol. The van der Waals surface area contributed by atoms with Crippen LogP contribution in [-0.2, 0) is 9.59 Å². The molecule has 0 amide bonds. The van der Waals surface area contributed by atoms with Crippen LogP contribution in [0.3, 0.4) is 0 Å². The average Bonchev–Trinajstić information content (AvgIpc) is 2.88. The van der Waals surface area contributed by atoms with E-state index in [4.69, 9.17) is 0 Å². The first-order valence-corrected chi connectivity index (χ1v) is 16.5. The van der Waals surface area contributed by atoms with Gasteiger partial charge in [-0.3, -0.25) is 9.59 Å². The molecular formula is C34H64O3. The standard InChI is InChI=1S/C34H64O3/c1-3-5-7-9-11-13-15-17-19-20-22-24-26-28-30-32(34(36)37)33(35)31-29-27-25-23-21-18-16-14-12-10-8-6-4-2/h3,32H,1,4-31H2,2H3,(H,36,37). The van der Waals surface area contributed by atoms with Crippen molar-refractivity contribution in [3.63, 3.8) is 0 Å². The van der Waals surface area contributed by atoms with Crippen molar-refractivity contribution >= 4 is 11.8 Å². The second-order valence-electron chi connectivity index (χ2n) is 11.5. The number of allylic oxidation sites excluding steroid dienone is 1. The predicted octanol–water partition coefficient (Wildman–Crippen LogP) is 11.4. The van der Waals surface area contributed by atoms with E-state index in [-0.39, 0.29) is 5.78 Å². The SMILES string of the molecule is C=CCCCCCCCCCCCCCCC(C(=O)O)C(=O)CCCCCCCCCCCCCCC. The topological polar surface area (TPSA) is 54.4 Å². The van der Waals surface area contributed by atoms with E-state index in [0.717, 1.165) is 32.1 Å². The number of carboxylic acid groups (broad SMARTS) is 1. The number of carboxylic acids is 1. The predicted molar refractivity (Wildman–Crippen MR) is 161 cm³/mol. The molecule has 0 aliphatic carbocycles. The lowest BCUT2D eigenvalue weighted by molar-refractivity contribution is -0.146. The summed E-state index contributed by atoms with van der Waals surface area (Å²) in [6, 6.07) is 0. The fourth-order valence-corrected chi connectivity index (χ4v) is 5.32. The second-order valence-corrected chi connectivity index (χ2v) is 11.5. The molecule has 0 heterocycles. The van der Waals surface area contributed by atoms with Crippen molar-refractivity contribution in [3.05, 3.63) is 12.7 Å². The maximum atomic E-state index is 12.5. The fraction of sp³-hybridized carbons (Fsp3) is 0.882. The molecule has 0 aromatic rings. The van der Waals surface area contributed by atoms with Crippen molar-refractivity contribution in [2.45, 2.75) is 187 Å². The number of hydrogen-bond acceptors (Lipinski definition) is 2. The minimum absolute atomic E-state index is 0.0416. The van der Waals surface area contributed by atoms with Crippen LogP contribution in [0.4, 0.5) is 0 Å². The van der Waals surface area contributed by atoms with E-state index in [1.54, 1.807) is 0 Å². The van der Waals surface area contributed by atoms with E-state index < -0.39 is 11.9 Å². The molecule has 1 unspecified atom stereocenters. The Hall–Kier alpha value is -1.12. The van der Waals surface area contributed by atoms with Crippen LogP contribution in [0.2, 0.25) is 0 Å². The molecule has 0 radical (unpaired) electrons. The minimum atomic E-state index is -0.913. The number of carbonyl (C=O) groups excluding carboxylic acids is 1. The highest BCUT2D eigenvalue weighted by Crippen LogP contribution is 2.18. The van der Waals surface area contributed by atoms with Crippen LogP contribution in [0.25, 0.3) is 0 Å². The summed E-state index contributed by atoms with van der Waals surface area (Å²) in [5.74, 6) is -1.73. The Morgan fingerprint density at radius 3 is 1.30 bits per heavy atom. The number of unbranched alkanes of at least 4 members (excludes halogenated alkanes) is 24. The lowest BCUT2D eigenvalue weighted by atomic mass is 9.93. The Balaban J connectivity index is 3.56. The van der Waals surface area contributed by atoms with Gasteiger partial charge in [-0.05, 0) is 25.7 Å². The smallest absolute Gasteiger partial charge is 0.314 e. The lowest BCUT2D eigenvalue weighted by Crippen LogP contribution is -2.23. The highest BCUT2D eigenvalue weighted by atomic mass is 16.4. The maximum Gasteiger partial charge on any atom is 0.314 e. The first-order chi connectivity index (χ1) is 18.1. The van der Waals surface area contributed by atoms with Gasteiger partial charge in [-0.1, -0.05) is 161 Å². The molecule has 0 saturated heterocycles. The normalized spacial score (nSPS) is 12.0. The van der Waals surface area contributed by atoms with Gasteiger partial charge in [-0.15, -0.1) is 6.58 Å². The Labute approximate surface area is 231 Å². The highest BCUT2D eigenvalue weighted by Gasteiger charge is 2.24. The van der Waals surface area contributed by atoms with Gasteiger partial charge >= 0.3 is 5.97 Å². The highest BCUT2D eigenvalue weighted by molar-refractivity contribution is 5.98. The first-order valence-electron chi connectivity index (χ1n) is 16.5. The van der Waals surface area contributed by atoms with Gasteiger partial charge in [-0.25, -0.2) is 0 Å². The largest absolute Gasteiger partial charge is 0.481 e. The van der Waals surface area contributed by atoms with Crippen LogP contribution in [0.5, 0.6) is 0 Å². The Morgan fingerprint density at radius 1 is 0.568 bits per heavy atom. The summed E-state index contributed by atoms with van der Waals surface area (Å²) >= 11 is 0. The third-order valence-corrected chi connectivity index (χ3v) is 7.86. The molecule has 218 valence electrons. The molecular weight excluding hydrogens is 456 g/mol. The number of rotatable bonds is 31.